The number of aromatic nitrogens is 3. The first kappa shape index (κ1) is 18.7. The summed E-state index contributed by atoms with van der Waals surface area (Å²) in [5.41, 5.74) is 8.52. The summed E-state index contributed by atoms with van der Waals surface area (Å²) in [6, 6.07) is 0.129. The summed E-state index contributed by atoms with van der Waals surface area (Å²) in [7, 11) is 0. The Morgan fingerprint density at radius 2 is 1.92 bits per heavy atom. The van der Waals surface area contributed by atoms with E-state index in [-0.39, 0.29) is 12.6 Å². The first-order chi connectivity index (χ1) is 11.8. The Balaban J connectivity index is 1.72. The van der Waals surface area contributed by atoms with E-state index in [1.807, 2.05) is 6.20 Å². The van der Waals surface area contributed by atoms with Crippen LogP contribution in [0.15, 0.2) is 12.5 Å². The second-order valence-corrected chi connectivity index (χ2v) is 6.47. The number of anilines is 1. The van der Waals surface area contributed by atoms with Gasteiger partial charge < -0.3 is 21.1 Å². The van der Waals surface area contributed by atoms with Gasteiger partial charge in [0.1, 0.15) is 11.8 Å². The smallest absolute Gasteiger partial charge is 0.151 e. The standard InChI is InChI=1S/C18H31N5O/c1-2-3-4-5-6-7-8-9-15(12-24)20-10-14-11-21-17-16(14)22-13-23-18(17)19/h11,13,15,20-21,24H,2-10,12H2,1H3,(H2,19,22,23)/t15-/m0/s1. The number of unbranched alkanes of at least 4 members (excludes halogenated alkanes) is 6. The fraction of sp³-hybridized carbons (Fsp3) is 0.667. The van der Waals surface area contributed by atoms with Crippen LogP contribution in [0, 0.1) is 0 Å². The van der Waals surface area contributed by atoms with Gasteiger partial charge in [0.15, 0.2) is 5.82 Å². The van der Waals surface area contributed by atoms with Crippen molar-refractivity contribution < 1.29 is 5.11 Å². The topological polar surface area (TPSA) is 99.8 Å². The van der Waals surface area contributed by atoms with Crippen LogP contribution in [0.5, 0.6) is 0 Å². The molecule has 0 unspecified atom stereocenters. The van der Waals surface area contributed by atoms with Crippen molar-refractivity contribution in [3.63, 3.8) is 0 Å². The van der Waals surface area contributed by atoms with Gasteiger partial charge in [-0.15, -0.1) is 0 Å². The zero-order valence-electron chi connectivity index (χ0n) is 14.7. The molecule has 2 aromatic heterocycles. The van der Waals surface area contributed by atoms with Gasteiger partial charge >= 0.3 is 0 Å². The summed E-state index contributed by atoms with van der Waals surface area (Å²) in [4.78, 5) is 11.4. The molecule has 0 aliphatic heterocycles. The molecule has 6 nitrogen and oxygen atoms in total. The predicted octanol–water partition coefficient (Wildman–Crippen LogP) is 3.13. The third kappa shape index (κ3) is 5.46. The first-order valence-electron chi connectivity index (χ1n) is 9.17. The van der Waals surface area contributed by atoms with Gasteiger partial charge in [-0.1, -0.05) is 51.9 Å². The van der Waals surface area contributed by atoms with Crippen LogP contribution in [0.4, 0.5) is 5.82 Å². The molecule has 2 heterocycles. The maximum absolute atomic E-state index is 9.57. The quantitative estimate of drug-likeness (QED) is 0.447. The van der Waals surface area contributed by atoms with Crippen LogP contribution >= 0.6 is 0 Å². The zero-order chi connectivity index (χ0) is 17.2. The molecule has 0 radical (unpaired) electrons. The van der Waals surface area contributed by atoms with Crippen molar-refractivity contribution in [2.24, 2.45) is 0 Å². The lowest BCUT2D eigenvalue weighted by Crippen LogP contribution is -2.31. The Morgan fingerprint density at radius 1 is 1.17 bits per heavy atom. The summed E-state index contributed by atoms with van der Waals surface area (Å²) < 4.78 is 0. The lowest BCUT2D eigenvalue weighted by atomic mass is 10.1. The van der Waals surface area contributed by atoms with Gasteiger partial charge in [0, 0.05) is 24.3 Å². The van der Waals surface area contributed by atoms with Crippen molar-refractivity contribution in [1.29, 1.82) is 0 Å². The van der Waals surface area contributed by atoms with Gasteiger partial charge in [0.25, 0.3) is 0 Å². The maximum Gasteiger partial charge on any atom is 0.151 e. The van der Waals surface area contributed by atoms with E-state index in [4.69, 9.17) is 5.73 Å². The van der Waals surface area contributed by atoms with Gasteiger partial charge in [-0.05, 0) is 6.42 Å². The molecule has 2 aromatic rings. The van der Waals surface area contributed by atoms with Gasteiger partial charge in [0.05, 0.1) is 12.1 Å². The minimum absolute atomic E-state index is 0.129. The molecule has 24 heavy (non-hydrogen) atoms. The monoisotopic (exact) mass is 333 g/mol. The number of rotatable bonds is 12. The van der Waals surface area contributed by atoms with Crippen LogP contribution in [-0.4, -0.2) is 32.7 Å². The molecular formula is C18H31N5O. The number of fused-ring (bicyclic) bond motifs is 1. The molecule has 1 atom stereocenters. The van der Waals surface area contributed by atoms with E-state index in [1.54, 1.807) is 0 Å². The van der Waals surface area contributed by atoms with Gasteiger partial charge in [-0.3, -0.25) is 0 Å². The average Bonchev–Trinajstić information content (AvgIpc) is 3.01. The van der Waals surface area contributed by atoms with Crippen molar-refractivity contribution in [3.8, 4) is 0 Å². The highest BCUT2D eigenvalue weighted by Crippen LogP contribution is 2.19. The van der Waals surface area contributed by atoms with Crippen LogP contribution < -0.4 is 11.1 Å². The van der Waals surface area contributed by atoms with Crippen LogP contribution in [0.3, 0.4) is 0 Å². The van der Waals surface area contributed by atoms with Gasteiger partial charge in [0.2, 0.25) is 0 Å². The lowest BCUT2D eigenvalue weighted by molar-refractivity contribution is 0.232. The molecule has 0 spiro atoms. The Kier molecular flexibility index (Phi) is 7.98. The van der Waals surface area contributed by atoms with E-state index in [0.29, 0.717) is 12.4 Å². The molecule has 0 bridgehead atoms. The molecule has 0 aliphatic carbocycles. The average molecular weight is 333 g/mol. The Labute approximate surface area is 144 Å². The fourth-order valence-corrected chi connectivity index (χ4v) is 3.01. The predicted molar refractivity (Wildman–Crippen MR) is 98.6 cm³/mol. The SMILES string of the molecule is CCCCCCCCC[C@@H](CO)NCc1c[nH]c2c(N)ncnc12. The molecule has 0 saturated heterocycles. The number of aliphatic hydroxyl groups is 1. The molecule has 2 rings (SSSR count). The molecule has 134 valence electrons. The highest BCUT2D eigenvalue weighted by molar-refractivity contribution is 5.86. The molecule has 0 aromatic carbocycles. The fourth-order valence-electron chi connectivity index (χ4n) is 3.01. The Hall–Kier alpha value is -1.66. The number of aliphatic hydroxyl groups excluding tert-OH is 1. The molecule has 0 aliphatic rings. The molecule has 0 saturated carbocycles. The number of aromatic amines is 1. The van der Waals surface area contributed by atoms with Crippen LogP contribution in [-0.2, 0) is 6.54 Å². The van der Waals surface area contributed by atoms with E-state index in [2.05, 4.69) is 27.2 Å². The number of hydrogen-bond acceptors (Lipinski definition) is 5. The van der Waals surface area contributed by atoms with E-state index >= 15 is 0 Å². The minimum atomic E-state index is 0.129. The second kappa shape index (κ2) is 10.3. The van der Waals surface area contributed by atoms with Crippen LogP contribution in [0.1, 0.15) is 63.9 Å². The van der Waals surface area contributed by atoms with E-state index < -0.39 is 0 Å². The summed E-state index contributed by atoms with van der Waals surface area (Å²) in [6.45, 7) is 3.07. The normalized spacial score (nSPS) is 12.8. The first-order valence-corrected chi connectivity index (χ1v) is 9.17. The van der Waals surface area contributed by atoms with Crippen molar-refractivity contribution in [2.75, 3.05) is 12.3 Å². The van der Waals surface area contributed by atoms with E-state index in [9.17, 15) is 5.11 Å². The Bertz CT molecular complexity index is 598. The van der Waals surface area contributed by atoms with Crippen LogP contribution in [0.25, 0.3) is 11.0 Å². The maximum atomic E-state index is 9.57. The summed E-state index contributed by atoms with van der Waals surface area (Å²) in [5, 5.41) is 13.0. The minimum Gasteiger partial charge on any atom is -0.395 e. The molecule has 0 fully saturated rings. The zero-order valence-corrected chi connectivity index (χ0v) is 14.7. The van der Waals surface area contributed by atoms with E-state index in [1.165, 1.54) is 44.9 Å². The second-order valence-electron chi connectivity index (χ2n) is 6.47. The van der Waals surface area contributed by atoms with Gasteiger partial charge in [-0.2, -0.15) is 0 Å². The van der Waals surface area contributed by atoms with Crippen molar-refractivity contribution >= 4 is 16.9 Å². The number of nitrogens with one attached hydrogen (secondary N) is 2. The number of nitrogens with two attached hydrogens (primary N) is 1. The third-order valence-electron chi connectivity index (χ3n) is 4.53. The highest BCUT2D eigenvalue weighted by atomic mass is 16.3. The van der Waals surface area contributed by atoms with Crippen LogP contribution in [0.2, 0.25) is 0 Å². The number of H-pyrrole nitrogens is 1. The molecular weight excluding hydrogens is 302 g/mol. The molecule has 5 N–H and O–H groups in total. The molecule has 0 amide bonds. The van der Waals surface area contributed by atoms with Crippen molar-refractivity contribution in [1.82, 2.24) is 20.3 Å². The van der Waals surface area contributed by atoms with E-state index in [0.717, 1.165) is 29.4 Å². The van der Waals surface area contributed by atoms with Gasteiger partial charge in [-0.25, -0.2) is 9.97 Å². The number of hydrogen-bond donors (Lipinski definition) is 4. The summed E-state index contributed by atoms with van der Waals surface area (Å²) in [6.07, 6.45) is 13.4. The largest absolute Gasteiger partial charge is 0.395 e. The van der Waals surface area contributed by atoms with Crippen molar-refractivity contribution in [3.05, 3.63) is 18.1 Å². The lowest BCUT2D eigenvalue weighted by Gasteiger charge is -2.15. The summed E-state index contributed by atoms with van der Waals surface area (Å²) >= 11 is 0. The molecule has 6 heteroatoms. The number of nitrogens with zero attached hydrogens (tertiary/aromatic N) is 2. The number of nitrogen functional groups attached to an aromatic ring is 1. The van der Waals surface area contributed by atoms with Crippen molar-refractivity contribution in [2.45, 2.75) is 70.9 Å². The Morgan fingerprint density at radius 3 is 2.67 bits per heavy atom. The summed E-state index contributed by atoms with van der Waals surface area (Å²) in [5.74, 6) is 0.466. The third-order valence-corrected chi connectivity index (χ3v) is 4.53. The highest BCUT2D eigenvalue weighted by Gasteiger charge is 2.11.